The molecule has 5 heteroatoms. The minimum atomic E-state index is -0.0218. The van der Waals surface area contributed by atoms with Gasteiger partial charge in [-0.05, 0) is 24.6 Å². The van der Waals surface area contributed by atoms with Crippen LogP contribution in [-0.2, 0) is 4.79 Å². The maximum atomic E-state index is 11.2. The van der Waals surface area contributed by atoms with Gasteiger partial charge in [-0.25, -0.2) is 5.43 Å². The lowest BCUT2D eigenvalue weighted by Crippen LogP contribution is -2.31. The first-order valence-corrected chi connectivity index (χ1v) is 6.52. The molecule has 0 saturated carbocycles. The number of hydrogen-bond acceptors (Lipinski definition) is 4. The van der Waals surface area contributed by atoms with Gasteiger partial charge in [0.05, 0.1) is 5.71 Å². The number of benzene rings is 1. The van der Waals surface area contributed by atoms with E-state index in [1.807, 2.05) is 38.1 Å². The minimum Gasteiger partial charge on any atom is -0.383 e. The molecule has 1 aromatic rings. The summed E-state index contributed by atoms with van der Waals surface area (Å²) in [7, 11) is 0. The first kappa shape index (κ1) is 13.5. The van der Waals surface area contributed by atoms with E-state index < -0.39 is 0 Å². The van der Waals surface area contributed by atoms with Gasteiger partial charge in [-0.15, -0.1) is 0 Å². The van der Waals surface area contributed by atoms with Crippen LogP contribution < -0.4 is 16.5 Å². The van der Waals surface area contributed by atoms with E-state index in [0.29, 0.717) is 6.42 Å². The second-order valence-electron chi connectivity index (χ2n) is 5.07. The highest BCUT2D eigenvalue weighted by atomic mass is 16.2. The molecular weight excluding hydrogens is 240 g/mol. The van der Waals surface area contributed by atoms with Gasteiger partial charge in [0.2, 0.25) is 5.91 Å². The summed E-state index contributed by atoms with van der Waals surface area (Å²) in [5, 5.41) is 7.40. The van der Waals surface area contributed by atoms with Crippen molar-refractivity contribution >= 4 is 17.3 Å². The summed E-state index contributed by atoms with van der Waals surface area (Å²) in [6.07, 6.45) is 0.490. The fraction of sp³-hybridized carbons (Fsp3) is 0.429. The largest absolute Gasteiger partial charge is 0.383 e. The van der Waals surface area contributed by atoms with Crippen LogP contribution >= 0.6 is 0 Å². The number of amides is 1. The summed E-state index contributed by atoms with van der Waals surface area (Å²) in [6, 6.07) is 8.15. The molecule has 2 unspecified atom stereocenters. The number of carbonyl (C=O) groups excluding carboxylic acids is 1. The van der Waals surface area contributed by atoms with Crippen LogP contribution in [0.3, 0.4) is 0 Å². The summed E-state index contributed by atoms with van der Waals surface area (Å²) < 4.78 is 0. The number of rotatable bonds is 4. The van der Waals surface area contributed by atoms with Crippen LogP contribution in [0.25, 0.3) is 0 Å². The molecule has 0 saturated heterocycles. The molecule has 1 aromatic carbocycles. The molecule has 4 N–H and O–H groups in total. The molecule has 2 atom stereocenters. The smallest absolute Gasteiger partial charge is 0.240 e. The van der Waals surface area contributed by atoms with E-state index in [1.54, 1.807) is 0 Å². The van der Waals surface area contributed by atoms with E-state index in [0.717, 1.165) is 23.5 Å². The normalized spacial score (nSPS) is 20.5. The monoisotopic (exact) mass is 260 g/mol. The zero-order valence-electron chi connectivity index (χ0n) is 11.3. The second kappa shape index (κ2) is 5.84. The van der Waals surface area contributed by atoms with Crippen LogP contribution in [-0.4, -0.2) is 24.2 Å². The molecular formula is C14H20N4O. The van der Waals surface area contributed by atoms with Crippen LogP contribution in [0, 0.1) is 5.92 Å². The van der Waals surface area contributed by atoms with Crippen LogP contribution in [0.1, 0.15) is 25.8 Å². The summed E-state index contributed by atoms with van der Waals surface area (Å²) in [4.78, 5) is 11.2. The number of carbonyl (C=O) groups is 1. The van der Waals surface area contributed by atoms with Gasteiger partial charge in [0, 0.05) is 30.6 Å². The highest BCUT2D eigenvalue weighted by molar-refractivity contribution is 6.05. The molecule has 0 radical (unpaired) electrons. The Labute approximate surface area is 113 Å². The third-order valence-electron chi connectivity index (χ3n) is 3.07. The lowest BCUT2D eigenvalue weighted by atomic mass is 9.94. The highest BCUT2D eigenvalue weighted by Crippen LogP contribution is 2.18. The topological polar surface area (TPSA) is 79.5 Å². The molecule has 1 amide bonds. The van der Waals surface area contributed by atoms with Gasteiger partial charge < -0.3 is 11.1 Å². The Hall–Kier alpha value is -1.88. The number of nitrogens with zero attached hydrogens (tertiary/aromatic N) is 1. The van der Waals surface area contributed by atoms with Crippen molar-refractivity contribution in [3.8, 4) is 0 Å². The van der Waals surface area contributed by atoms with Crippen molar-refractivity contribution in [2.45, 2.75) is 26.3 Å². The summed E-state index contributed by atoms with van der Waals surface area (Å²) in [5.74, 6) is 0.128. The van der Waals surface area contributed by atoms with E-state index in [2.05, 4.69) is 15.8 Å². The minimum absolute atomic E-state index is 0.0218. The molecule has 0 aromatic heterocycles. The molecule has 0 fully saturated rings. The third-order valence-corrected chi connectivity index (χ3v) is 3.07. The van der Waals surface area contributed by atoms with E-state index in [-0.39, 0.29) is 17.9 Å². The van der Waals surface area contributed by atoms with Gasteiger partial charge in [0.25, 0.3) is 0 Å². The Morgan fingerprint density at radius 3 is 2.74 bits per heavy atom. The van der Waals surface area contributed by atoms with Crippen LogP contribution in [0.4, 0.5) is 5.69 Å². The van der Waals surface area contributed by atoms with Gasteiger partial charge in [-0.2, -0.15) is 5.10 Å². The Morgan fingerprint density at radius 2 is 2.16 bits per heavy atom. The second-order valence-corrected chi connectivity index (χ2v) is 5.07. The van der Waals surface area contributed by atoms with E-state index in [1.165, 1.54) is 0 Å². The van der Waals surface area contributed by atoms with Crippen molar-refractivity contribution in [2.75, 3.05) is 11.9 Å². The average molecular weight is 260 g/mol. The first-order valence-electron chi connectivity index (χ1n) is 6.52. The molecule has 19 heavy (non-hydrogen) atoms. The van der Waals surface area contributed by atoms with Crippen molar-refractivity contribution in [3.63, 3.8) is 0 Å². The Morgan fingerprint density at radius 1 is 1.47 bits per heavy atom. The van der Waals surface area contributed by atoms with Crippen LogP contribution in [0.15, 0.2) is 29.4 Å². The first-order chi connectivity index (χ1) is 9.06. The molecule has 102 valence electrons. The van der Waals surface area contributed by atoms with Crippen molar-refractivity contribution in [2.24, 2.45) is 16.8 Å². The maximum absolute atomic E-state index is 11.2. The Bertz CT molecular complexity index is 479. The van der Waals surface area contributed by atoms with Crippen molar-refractivity contribution in [1.29, 1.82) is 0 Å². The predicted molar refractivity (Wildman–Crippen MR) is 77.0 cm³/mol. The Balaban J connectivity index is 2.08. The quantitative estimate of drug-likeness (QED) is 0.763. The molecule has 0 bridgehead atoms. The van der Waals surface area contributed by atoms with E-state index >= 15 is 0 Å². The maximum Gasteiger partial charge on any atom is 0.240 e. The van der Waals surface area contributed by atoms with Gasteiger partial charge in [0.1, 0.15) is 0 Å². The van der Waals surface area contributed by atoms with Crippen LogP contribution in [0.5, 0.6) is 0 Å². The average Bonchev–Trinajstić information content (AvgIpc) is 2.37. The summed E-state index contributed by atoms with van der Waals surface area (Å²) in [6.45, 7) is 4.72. The lowest BCUT2D eigenvalue weighted by molar-refractivity contribution is -0.121. The van der Waals surface area contributed by atoms with Gasteiger partial charge in [0.15, 0.2) is 0 Å². The zero-order valence-corrected chi connectivity index (χ0v) is 11.3. The molecule has 2 rings (SSSR count). The number of nitrogens with one attached hydrogen (secondary N) is 2. The zero-order chi connectivity index (χ0) is 13.8. The molecule has 1 heterocycles. The fourth-order valence-electron chi connectivity index (χ4n) is 2.04. The third kappa shape index (κ3) is 3.54. The fourth-order valence-corrected chi connectivity index (χ4v) is 2.04. The Kier molecular flexibility index (Phi) is 4.16. The molecule has 1 aliphatic heterocycles. The number of hydrogen-bond donors (Lipinski definition) is 3. The van der Waals surface area contributed by atoms with E-state index in [4.69, 9.17) is 5.73 Å². The molecule has 0 spiro atoms. The van der Waals surface area contributed by atoms with Crippen molar-refractivity contribution < 1.29 is 4.79 Å². The highest BCUT2D eigenvalue weighted by Gasteiger charge is 2.21. The summed E-state index contributed by atoms with van der Waals surface area (Å²) in [5.41, 5.74) is 11.2. The number of nitrogens with two attached hydrogens (primary N) is 1. The van der Waals surface area contributed by atoms with Crippen LogP contribution in [0.2, 0.25) is 0 Å². The van der Waals surface area contributed by atoms with E-state index in [9.17, 15) is 4.79 Å². The SMILES string of the molecule is CC(N)CNc1ccc(C2=NNC(=O)CC2C)cc1. The summed E-state index contributed by atoms with van der Waals surface area (Å²) >= 11 is 0. The van der Waals surface area contributed by atoms with Crippen molar-refractivity contribution in [3.05, 3.63) is 29.8 Å². The molecule has 0 aliphatic carbocycles. The number of hydrazone groups is 1. The molecule has 1 aliphatic rings. The van der Waals surface area contributed by atoms with Crippen molar-refractivity contribution in [1.82, 2.24) is 5.43 Å². The standard InChI is InChI=1S/C14H20N4O/c1-9-7-13(19)17-18-14(9)11-3-5-12(6-4-11)16-8-10(2)15/h3-6,9-10,16H,7-8,15H2,1-2H3,(H,17,19). The number of anilines is 1. The van der Waals surface area contributed by atoms with Gasteiger partial charge in [-0.1, -0.05) is 19.1 Å². The predicted octanol–water partition coefficient (Wildman–Crippen LogP) is 1.31. The lowest BCUT2D eigenvalue weighted by Gasteiger charge is -2.19. The molecule has 5 nitrogen and oxygen atoms in total. The van der Waals surface area contributed by atoms with Gasteiger partial charge in [-0.3, -0.25) is 4.79 Å². The van der Waals surface area contributed by atoms with Gasteiger partial charge >= 0.3 is 0 Å².